The third kappa shape index (κ3) is 4.56. The van der Waals surface area contributed by atoms with E-state index in [0.717, 1.165) is 16.7 Å². The lowest BCUT2D eigenvalue weighted by Gasteiger charge is -2.10. The number of amides is 2. The van der Waals surface area contributed by atoms with Crippen molar-refractivity contribution in [2.75, 3.05) is 10.6 Å². The molecule has 2 amide bonds. The summed E-state index contributed by atoms with van der Waals surface area (Å²) in [7, 11) is 0. The van der Waals surface area contributed by atoms with Crippen molar-refractivity contribution >= 4 is 44.7 Å². The molecular weight excluding hydrogens is 436 g/mol. The maximum atomic E-state index is 13.1. The van der Waals surface area contributed by atoms with E-state index in [9.17, 15) is 14.4 Å². The highest BCUT2D eigenvalue weighted by atomic mass is 32.1. The average molecular weight is 461 g/mol. The van der Waals surface area contributed by atoms with Gasteiger partial charge in [-0.05, 0) is 56.5 Å². The number of carbonyl (C=O) groups is 2. The lowest BCUT2D eigenvalue weighted by Crippen LogP contribution is -2.28. The summed E-state index contributed by atoms with van der Waals surface area (Å²) in [6.45, 7) is 7.37. The van der Waals surface area contributed by atoms with E-state index in [-0.39, 0.29) is 23.9 Å². The van der Waals surface area contributed by atoms with Crippen LogP contribution in [0.15, 0.2) is 53.6 Å². The molecule has 2 heterocycles. The molecule has 0 fully saturated rings. The summed E-state index contributed by atoms with van der Waals surface area (Å²) in [6.07, 6.45) is 1.35. The summed E-state index contributed by atoms with van der Waals surface area (Å²) in [5.41, 5.74) is 4.62. The fourth-order valence-corrected chi connectivity index (χ4v) is 4.71. The van der Waals surface area contributed by atoms with Gasteiger partial charge in [0.2, 0.25) is 5.91 Å². The van der Waals surface area contributed by atoms with Crippen LogP contribution >= 0.6 is 11.3 Å². The molecule has 0 saturated heterocycles. The molecule has 7 nitrogen and oxygen atoms in total. The van der Waals surface area contributed by atoms with Crippen LogP contribution in [0.1, 0.15) is 31.9 Å². The number of aromatic nitrogens is 2. The lowest BCUT2D eigenvalue weighted by atomic mass is 10.1. The fourth-order valence-electron chi connectivity index (χ4n) is 3.68. The highest BCUT2D eigenvalue weighted by Crippen LogP contribution is 2.28. The Hall–Kier alpha value is -3.78. The van der Waals surface area contributed by atoms with Gasteiger partial charge < -0.3 is 10.6 Å². The largest absolute Gasteiger partial charge is 0.324 e. The fraction of sp³-hybridized carbons (Fsp3) is 0.200. The minimum absolute atomic E-state index is 0.172. The van der Waals surface area contributed by atoms with E-state index in [4.69, 9.17) is 0 Å². The molecular formula is C25H24N4O3S. The summed E-state index contributed by atoms with van der Waals surface area (Å²) in [5, 5.41) is 6.10. The van der Waals surface area contributed by atoms with Gasteiger partial charge in [0, 0.05) is 11.4 Å². The summed E-state index contributed by atoms with van der Waals surface area (Å²) >= 11 is 1.17. The van der Waals surface area contributed by atoms with Crippen molar-refractivity contribution < 1.29 is 9.59 Å². The van der Waals surface area contributed by atoms with E-state index in [2.05, 4.69) is 15.6 Å². The number of aryl methyl sites for hydroxylation is 4. The molecule has 0 aliphatic heterocycles. The molecule has 0 saturated carbocycles. The van der Waals surface area contributed by atoms with E-state index in [1.165, 1.54) is 22.2 Å². The van der Waals surface area contributed by atoms with Crippen LogP contribution in [-0.4, -0.2) is 21.4 Å². The van der Waals surface area contributed by atoms with Crippen molar-refractivity contribution in [2.45, 2.75) is 34.2 Å². The smallest absolute Gasteiger partial charge is 0.266 e. The summed E-state index contributed by atoms with van der Waals surface area (Å²) in [6, 6.07) is 13.2. The number of fused-ring (bicyclic) bond motifs is 1. The number of benzene rings is 2. The number of nitrogens with zero attached hydrogens (tertiary/aromatic N) is 2. The highest BCUT2D eigenvalue weighted by molar-refractivity contribution is 7.20. The Bertz CT molecular complexity index is 1450. The average Bonchev–Trinajstić information content (AvgIpc) is 3.11. The summed E-state index contributed by atoms with van der Waals surface area (Å²) in [4.78, 5) is 43.8. The van der Waals surface area contributed by atoms with Gasteiger partial charge in [0.1, 0.15) is 11.4 Å². The minimum atomic E-state index is -0.348. The van der Waals surface area contributed by atoms with Crippen molar-refractivity contribution in [1.29, 1.82) is 0 Å². The molecule has 33 heavy (non-hydrogen) atoms. The number of hydrogen-bond acceptors (Lipinski definition) is 5. The van der Waals surface area contributed by atoms with Gasteiger partial charge >= 0.3 is 0 Å². The Morgan fingerprint density at radius 1 is 0.970 bits per heavy atom. The zero-order valence-electron chi connectivity index (χ0n) is 18.9. The first kappa shape index (κ1) is 22.4. The van der Waals surface area contributed by atoms with Crippen molar-refractivity contribution in [3.8, 4) is 0 Å². The first-order valence-electron chi connectivity index (χ1n) is 10.5. The molecule has 0 aliphatic rings. The molecule has 2 aromatic heterocycles. The van der Waals surface area contributed by atoms with Crippen molar-refractivity contribution in [3.63, 3.8) is 0 Å². The first-order chi connectivity index (χ1) is 15.7. The van der Waals surface area contributed by atoms with Crippen LogP contribution in [0.4, 0.5) is 11.4 Å². The first-order valence-corrected chi connectivity index (χ1v) is 11.3. The molecule has 4 rings (SSSR count). The molecule has 0 radical (unpaired) electrons. The van der Waals surface area contributed by atoms with E-state index in [1.54, 1.807) is 6.92 Å². The van der Waals surface area contributed by atoms with E-state index >= 15 is 0 Å². The van der Waals surface area contributed by atoms with Crippen LogP contribution in [0.25, 0.3) is 10.2 Å². The van der Waals surface area contributed by atoms with Crippen LogP contribution in [0.3, 0.4) is 0 Å². The third-order valence-corrected chi connectivity index (χ3v) is 6.69. The Kier molecular flexibility index (Phi) is 6.11. The van der Waals surface area contributed by atoms with Gasteiger partial charge in [-0.2, -0.15) is 0 Å². The molecule has 0 atom stereocenters. The third-order valence-electron chi connectivity index (χ3n) is 5.49. The Labute approximate surface area is 195 Å². The van der Waals surface area contributed by atoms with Gasteiger partial charge in [0.25, 0.3) is 11.5 Å². The summed E-state index contributed by atoms with van der Waals surface area (Å²) < 4.78 is 1.27. The SMILES string of the molecule is Cc1ccc(NC(=O)Cn2cnc3sc(C(=O)Nc4ccccc4C)c(C)c3c2=O)c(C)c1. The molecule has 8 heteroatoms. The van der Waals surface area contributed by atoms with Crippen LogP contribution in [-0.2, 0) is 11.3 Å². The van der Waals surface area contributed by atoms with Crippen molar-refractivity contribution in [1.82, 2.24) is 9.55 Å². The number of rotatable bonds is 5. The second-order valence-corrected chi connectivity index (χ2v) is 9.05. The Balaban J connectivity index is 1.59. The Morgan fingerprint density at radius 2 is 1.70 bits per heavy atom. The van der Waals surface area contributed by atoms with Crippen molar-refractivity contribution in [2.24, 2.45) is 0 Å². The summed E-state index contributed by atoms with van der Waals surface area (Å²) in [5.74, 6) is -0.612. The maximum absolute atomic E-state index is 13.1. The van der Waals surface area contributed by atoms with Crippen LogP contribution in [0.2, 0.25) is 0 Å². The van der Waals surface area contributed by atoms with E-state index in [1.807, 2.05) is 63.2 Å². The lowest BCUT2D eigenvalue weighted by molar-refractivity contribution is -0.116. The number of para-hydroxylation sites is 1. The molecule has 0 aliphatic carbocycles. The predicted octanol–water partition coefficient (Wildman–Crippen LogP) is 4.58. The number of anilines is 2. The van der Waals surface area contributed by atoms with Gasteiger partial charge in [-0.15, -0.1) is 11.3 Å². The molecule has 2 aromatic carbocycles. The molecule has 2 N–H and O–H groups in total. The molecule has 0 bridgehead atoms. The van der Waals surface area contributed by atoms with E-state index in [0.29, 0.717) is 32.0 Å². The van der Waals surface area contributed by atoms with Crippen molar-refractivity contribution in [3.05, 3.63) is 86.3 Å². The quantitative estimate of drug-likeness (QED) is 0.456. The molecule has 4 aromatic rings. The number of thiophene rings is 1. The molecule has 0 spiro atoms. The topological polar surface area (TPSA) is 93.1 Å². The minimum Gasteiger partial charge on any atom is -0.324 e. The van der Waals surface area contributed by atoms with Gasteiger partial charge in [0.15, 0.2) is 0 Å². The second kappa shape index (κ2) is 8.99. The van der Waals surface area contributed by atoms with Crippen LogP contribution in [0, 0.1) is 27.7 Å². The van der Waals surface area contributed by atoms with E-state index < -0.39 is 0 Å². The normalized spacial score (nSPS) is 10.9. The predicted molar refractivity (Wildman–Crippen MR) is 132 cm³/mol. The van der Waals surface area contributed by atoms with Crippen LogP contribution < -0.4 is 16.2 Å². The van der Waals surface area contributed by atoms with Gasteiger partial charge in [0.05, 0.1) is 16.6 Å². The number of carbonyl (C=O) groups excluding carboxylic acids is 2. The number of nitrogens with one attached hydrogen (secondary N) is 2. The van der Waals surface area contributed by atoms with Gasteiger partial charge in [-0.1, -0.05) is 35.9 Å². The number of hydrogen-bond donors (Lipinski definition) is 2. The maximum Gasteiger partial charge on any atom is 0.266 e. The second-order valence-electron chi connectivity index (χ2n) is 8.05. The standard InChI is InChI=1S/C25H24N4O3S/c1-14-9-10-19(16(3)11-14)27-20(30)12-29-13-26-24-21(25(29)32)17(4)22(33-24)23(31)28-18-8-6-5-7-15(18)2/h5-11,13H,12H2,1-4H3,(H,27,30)(H,28,31). The van der Waals surface area contributed by atoms with Gasteiger partial charge in [-0.3, -0.25) is 19.0 Å². The van der Waals surface area contributed by atoms with Gasteiger partial charge in [-0.25, -0.2) is 4.98 Å². The Morgan fingerprint density at radius 3 is 2.42 bits per heavy atom. The zero-order chi connectivity index (χ0) is 23.7. The van der Waals surface area contributed by atoms with Crippen LogP contribution in [0.5, 0.6) is 0 Å². The molecule has 0 unspecified atom stereocenters. The molecule has 168 valence electrons. The monoisotopic (exact) mass is 460 g/mol. The highest BCUT2D eigenvalue weighted by Gasteiger charge is 2.20. The zero-order valence-corrected chi connectivity index (χ0v) is 19.7.